The Morgan fingerprint density at radius 1 is 0.576 bits per heavy atom. The molecule has 4 heteroatoms. The van der Waals surface area contributed by atoms with Crippen molar-refractivity contribution in [2.24, 2.45) is 5.92 Å². The first kappa shape index (κ1) is 31.7. The van der Waals surface area contributed by atoms with Gasteiger partial charge in [0.2, 0.25) is 0 Å². The summed E-state index contributed by atoms with van der Waals surface area (Å²) in [6, 6.07) is 0. The predicted molar refractivity (Wildman–Crippen MR) is 139 cm³/mol. The van der Waals surface area contributed by atoms with Gasteiger partial charge in [-0.3, -0.25) is 0 Å². The molecule has 0 aliphatic heterocycles. The molecule has 0 aliphatic rings. The summed E-state index contributed by atoms with van der Waals surface area (Å²) in [6.07, 6.45) is 27.0. The molecule has 0 rings (SSSR count). The average Bonchev–Trinajstić information content (AvgIpc) is 2.80. The maximum Gasteiger partial charge on any atom is 0.331 e. The Hall–Kier alpha value is -1.32. The molecule has 0 aliphatic carbocycles. The molecule has 0 aromatic heterocycles. The van der Waals surface area contributed by atoms with E-state index in [0.29, 0.717) is 19.1 Å². The zero-order valence-electron chi connectivity index (χ0n) is 22.2. The molecule has 194 valence electrons. The molecule has 0 saturated carbocycles. The standard InChI is InChI=1S/C29H54O4/c1-4-6-7-8-9-10-11-12-13-14-15-16-17-18-19-20-21-25-32-28(30)23-24-29(31)33-26-27(3)22-5-2/h23-24,27H,4-22,25-26H2,1-3H3/b24-23+. The number of esters is 2. The number of hydrogen-bond donors (Lipinski definition) is 0. The van der Waals surface area contributed by atoms with Crippen LogP contribution in [0.2, 0.25) is 0 Å². The van der Waals surface area contributed by atoms with E-state index in [1.54, 1.807) is 0 Å². The van der Waals surface area contributed by atoms with Crippen LogP contribution >= 0.6 is 0 Å². The Balaban J connectivity index is 3.34. The molecular weight excluding hydrogens is 412 g/mol. The third-order valence-electron chi connectivity index (χ3n) is 6.14. The van der Waals surface area contributed by atoms with E-state index < -0.39 is 11.9 Å². The third kappa shape index (κ3) is 25.1. The summed E-state index contributed by atoms with van der Waals surface area (Å²) in [5.41, 5.74) is 0. The summed E-state index contributed by atoms with van der Waals surface area (Å²) < 4.78 is 10.3. The van der Waals surface area contributed by atoms with Crippen molar-refractivity contribution in [2.75, 3.05) is 13.2 Å². The van der Waals surface area contributed by atoms with Crippen molar-refractivity contribution in [1.29, 1.82) is 0 Å². The van der Waals surface area contributed by atoms with Gasteiger partial charge in [-0.05, 0) is 18.8 Å². The van der Waals surface area contributed by atoms with Gasteiger partial charge in [0.05, 0.1) is 13.2 Å². The Labute approximate surface area is 205 Å². The molecule has 1 atom stereocenters. The van der Waals surface area contributed by atoms with Crippen LogP contribution in [0.3, 0.4) is 0 Å². The van der Waals surface area contributed by atoms with Gasteiger partial charge in [0.25, 0.3) is 0 Å². The van der Waals surface area contributed by atoms with Crippen LogP contribution in [0.25, 0.3) is 0 Å². The summed E-state index contributed by atoms with van der Waals surface area (Å²) in [6.45, 7) is 7.25. The van der Waals surface area contributed by atoms with Crippen LogP contribution in [-0.4, -0.2) is 25.2 Å². The van der Waals surface area contributed by atoms with Gasteiger partial charge in [-0.2, -0.15) is 0 Å². The lowest BCUT2D eigenvalue weighted by Gasteiger charge is -2.09. The van der Waals surface area contributed by atoms with Crippen LogP contribution in [0.4, 0.5) is 0 Å². The van der Waals surface area contributed by atoms with Crippen molar-refractivity contribution < 1.29 is 19.1 Å². The van der Waals surface area contributed by atoms with E-state index in [9.17, 15) is 9.59 Å². The van der Waals surface area contributed by atoms with E-state index in [1.807, 2.05) is 6.92 Å². The fourth-order valence-corrected chi connectivity index (χ4v) is 4.03. The van der Waals surface area contributed by atoms with E-state index in [-0.39, 0.29) is 0 Å². The van der Waals surface area contributed by atoms with E-state index in [0.717, 1.165) is 31.8 Å². The maximum absolute atomic E-state index is 11.6. The average molecular weight is 467 g/mol. The Bertz CT molecular complexity index is 472. The summed E-state index contributed by atoms with van der Waals surface area (Å²) in [7, 11) is 0. The largest absolute Gasteiger partial charge is 0.463 e. The van der Waals surface area contributed by atoms with Crippen molar-refractivity contribution in [3.63, 3.8) is 0 Å². The first-order valence-corrected chi connectivity index (χ1v) is 14.1. The van der Waals surface area contributed by atoms with Gasteiger partial charge in [0, 0.05) is 12.2 Å². The number of carbonyl (C=O) groups excluding carboxylic acids is 2. The first-order chi connectivity index (χ1) is 16.1. The number of ether oxygens (including phenoxy) is 2. The van der Waals surface area contributed by atoms with Gasteiger partial charge in [-0.15, -0.1) is 0 Å². The van der Waals surface area contributed by atoms with E-state index >= 15 is 0 Å². The molecule has 0 radical (unpaired) electrons. The van der Waals surface area contributed by atoms with Crippen molar-refractivity contribution in [3.05, 3.63) is 12.2 Å². The van der Waals surface area contributed by atoms with E-state index in [4.69, 9.17) is 9.47 Å². The maximum atomic E-state index is 11.6. The minimum Gasteiger partial charge on any atom is -0.463 e. The van der Waals surface area contributed by atoms with Crippen molar-refractivity contribution >= 4 is 11.9 Å². The molecule has 0 heterocycles. The van der Waals surface area contributed by atoms with Gasteiger partial charge in [-0.25, -0.2) is 9.59 Å². The summed E-state index contributed by atoms with van der Waals surface area (Å²) in [5.74, 6) is -0.600. The summed E-state index contributed by atoms with van der Waals surface area (Å²) >= 11 is 0. The topological polar surface area (TPSA) is 52.6 Å². The molecule has 0 aromatic rings. The van der Waals surface area contributed by atoms with Crippen molar-refractivity contribution in [3.8, 4) is 0 Å². The van der Waals surface area contributed by atoms with Crippen molar-refractivity contribution in [2.45, 2.75) is 143 Å². The van der Waals surface area contributed by atoms with Crippen LogP contribution in [0.15, 0.2) is 12.2 Å². The third-order valence-corrected chi connectivity index (χ3v) is 6.14. The van der Waals surface area contributed by atoms with Gasteiger partial charge in [0.1, 0.15) is 0 Å². The lowest BCUT2D eigenvalue weighted by Crippen LogP contribution is -2.10. The van der Waals surface area contributed by atoms with E-state index in [1.165, 1.54) is 102 Å². The minimum absolute atomic E-state index is 0.346. The zero-order valence-corrected chi connectivity index (χ0v) is 22.2. The molecule has 0 saturated heterocycles. The second-order valence-corrected chi connectivity index (χ2v) is 9.68. The molecule has 0 fully saturated rings. The normalized spacial score (nSPS) is 12.2. The minimum atomic E-state index is -0.479. The molecule has 0 aromatic carbocycles. The molecule has 0 spiro atoms. The van der Waals surface area contributed by atoms with Gasteiger partial charge in [0.15, 0.2) is 0 Å². The van der Waals surface area contributed by atoms with E-state index in [2.05, 4.69) is 13.8 Å². The molecule has 0 N–H and O–H groups in total. The molecule has 0 amide bonds. The first-order valence-electron chi connectivity index (χ1n) is 14.1. The number of unbranched alkanes of at least 4 members (excludes halogenated alkanes) is 16. The highest BCUT2D eigenvalue weighted by molar-refractivity contribution is 5.91. The van der Waals surface area contributed by atoms with Gasteiger partial charge in [-0.1, -0.05) is 130 Å². The van der Waals surface area contributed by atoms with Crippen LogP contribution in [0, 0.1) is 5.92 Å². The predicted octanol–water partition coefficient (Wildman–Crippen LogP) is 8.72. The second-order valence-electron chi connectivity index (χ2n) is 9.68. The number of rotatable bonds is 24. The van der Waals surface area contributed by atoms with Crippen LogP contribution in [0.1, 0.15) is 143 Å². The SMILES string of the molecule is CCCCCCCCCCCCCCCCCCCOC(=O)/C=C/C(=O)OCC(C)CCC. The van der Waals surface area contributed by atoms with Gasteiger partial charge < -0.3 is 9.47 Å². The van der Waals surface area contributed by atoms with Crippen LogP contribution < -0.4 is 0 Å². The quantitative estimate of drug-likeness (QED) is 0.0810. The highest BCUT2D eigenvalue weighted by atomic mass is 16.5. The molecule has 33 heavy (non-hydrogen) atoms. The zero-order chi connectivity index (χ0) is 24.4. The smallest absolute Gasteiger partial charge is 0.331 e. The highest BCUT2D eigenvalue weighted by Gasteiger charge is 2.05. The molecule has 0 bridgehead atoms. The highest BCUT2D eigenvalue weighted by Crippen LogP contribution is 2.14. The lowest BCUT2D eigenvalue weighted by molar-refractivity contribution is -0.141. The monoisotopic (exact) mass is 466 g/mol. The summed E-state index contributed by atoms with van der Waals surface area (Å²) in [5, 5.41) is 0. The van der Waals surface area contributed by atoms with Crippen LogP contribution in [-0.2, 0) is 19.1 Å². The van der Waals surface area contributed by atoms with Crippen molar-refractivity contribution in [1.82, 2.24) is 0 Å². The molecule has 4 nitrogen and oxygen atoms in total. The number of carbonyl (C=O) groups is 2. The second kappa shape index (κ2) is 25.3. The van der Waals surface area contributed by atoms with Crippen LogP contribution in [0.5, 0.6) is 0 Å². The Morgan fingerprint density at radius 2 is 0.970 bits per heavy atom. The number of hydrogen-bond acceptors (Lipinski definition) is 4. The van der Waals surface area contributed by atoms with Gasteiger partial charge >= 0.3 is 11.9 Å². The molecule has 1 unspecified atom stereocenters. The fourth-order valence-electron chi connectivity index (χ4n) is 4.03. The fraction of sp³-hybridized carbons (Fsp3) is 0.862. The lowest BCUT2D eigenvalue weighted by atomic mass is 10.0. The Morgan fingerprint density at radius 3 is 1.39 bits per heavy atom. The molecular formula is C29H54O4. The Kier molecular flexibility index (Phi) is 24.3. The summed E-state index contributed by atoms with van der Waals surface area (Å²) in [4.78, 5) is 23.2.